The van der Waals surface area contributed by atoms with E-state index in [2.05, 4.69) is 16.9 Å². The minimum Gasteiger partial charge on any atom is -0.489 e. The van der Waals surface area contributed by atoms with Gasteiger partial charge in [-0.05, 0) is 63.6 Å². The third-order valence-corrected chi connectivity index (χ3v) is 5.77. The van der Waals surface area contributed by atoms with Crippen LogP contribution in [-0.2, 0) is 12.8 Å². The average molecular weight is 425 g/mol. The maximum Gasteiger partial charge on any atom is 0.140 e. The summed E-state index contributed by atoms with van der Waals surface area (Å²) >= 11 is 0. The van der Waals surface area contributed by atoms with Crippen LogP contribution >= 0.6 is 0 Å². The third-order valence-electron chi connectivity index (χ3n) is 5.77. The van der Waals surface area contributed by atoms with E-state index in [1.165, 1.54) is 24.3 Å². The van der Waals surface area contributed by atoms with Gasteiger partial charge in [-0.15, -0.1) is 0 Å². The van der Waals surface area contributed by atoms with Crippen LogP contribution in [0.25, 0.3) is 5.70 Å². The van der Waals surface area contributed by atoms with E-state index in [4.69, 9.17) is 21.3 Å². The van der Waals surface area contributed by atoms with Crippen LogP contribution in [0.2, 0.25) is 0 Å². The first kappa shape index (κ1) is 23.0. The van der Waals surface area contributed by atoms with E-state index in [1.807, 2.05) is 25.1 Å². The van der Waals surface area contributed by atoms with Gasteiger partial charge in [-0.3, -0.25) is 0 Å². The Labute approximate surface area is 185 Å². The molecule has 0 aromatic carbocycles. The van der Waals surface area contributed by atoms with Crippen molar-refractivity contribution in [1.82, 2.24) is 20.0 Å². The predicted octanol–water partition coefficient (Wildman–Crippen LogP) is 3.91. The molecule has 2 aromatic rings. The second-order valence-corrected chi connectivity index (χ2v) is 8.37. The smallest absolute Gasteiger partial charge is 0.140 e. The molecule has 0 atom stereocenters. The van der Waals surface area contributed by atoms with Gasteiger partial charge in [0, 0.05) is 18.9 Å². The minimum absolute atomic E-state index is 0.288. The summed E-state index contributed by atoms with van der Waals surface area (Å²) in [5.74, 6) is 7.66. The molecule has 1 aliphatic rings. The van der Waals surface area contributed by atoms with Crippen LogP contribution in [0, 0.1) is 6.92 Å². The molecule has 1 saturated carbocycles. The molecular weight excluding hydrogens is 388 g/mol. The zero-order valence-corrected chi connectivity index (χ0v) is 19.1. The lowest BCUT2D eigenvalue weighted by molar-refractivity contribution is 0.153. The van der Waals surface area contributed by atoms with Crippen molar-refractivity contribution in [1.29, 1.82) is 0 Å². The van der Waals surface area contributed by atoms with Gasteiger partial charge in [-0.2, -0.15) is 0 Å². The number of nitrogens with zero attached hydrogens (tertiary/aromatic N) is 4. The first-order valence-electron chi connectivity index (χ1n) is 11.4. The Morgan fingerprint density at radius 2 is 1.94 bits per heavy atom. The number of hydrazine groups is 1. The molecule has 2 aromatic heterocycles. The molecule has 7 nitrogen and oxygen atoms in total. The molecule has 0 aliphatic heterocycles. The van der Waals surface area contributed by atoms with Gasteiger partial charge >= 0.3 is 0 Å². The summed E-state index contributed by atoms with van der Waals surface area (Å²) < 4.78 is 6.20. The molecule has 31 heavy (non-hydrogen) atoms. The van der Waals surface area contributed by atoms with Crippen LogP contribution in [0.1, 0.15) is 74.8 Å². The van der Waals surface area contributed by atoms with Crippen molar-refractivity contribution in [2.75, 3.05) is 7.05 Å². The van der Waals surface area contributed by atoms with Crippen molar-refractivity contribution in [3.05, 3.63) is 53.0 Å². The molecule has 4 N–H and O–H groups in total. The van der Waals surface area contributed by atoms with E-state index in [9.17, 15) is 0 Å². The highest BCUT2D eigenvalue weighted by Crippen LogP contribution is 2.26. The molecule has 168 valence electrons. The normalized spacial score (nSPS) is 15.5. The van der Waals surface area contributed by atoms with Gasteiger partial charge < -0.3 is 15.5 Å². The number of rotatable bonds is 9. The Morgan fingerprint density at radius 3 is 2.61 bits per heavy atom. The number of hydrogen-bond donors (Lipinski definition) is 2. The Kier molecular flexibility index (Phi) is 8.23. The fourth-order valence-corrected chi connectivity index (χ4v) is 3.92. The summed E-state index contributed by atoms with van der Waals surface area (Å²) in [6.07, 6.45) is 11.7. The highest BCUT2D eigenvalue weighted by molar-refractivity contribution is 5.63. The number of ether oxygens (including phenoxy) is 1. The summed E-state index contributed by atoms with van der Waals surface area (Å²) in [6.45, 7) is 4.13. The molecule has 7 heteroatoms. The van der Waals surface area contributed by atoms with Crippen molar-refractivity contribution >= 4 is 5.70 Å². The maximum atomic E-state index is 6.51. The van der Waals surface area contributed by atoms with Gasteiger partial charge in [0.15, 0.2) is 0 Å². The molecule has 2 heterocycles. The second kappa shape index (κ2) is 11.1. The summed E-state index contributed by atoms with van der Waals surface area (Å²) in [5.41, 5.74) is 10.3. The van der Waals surface area contributed by atoms with Crippen LogP contribution in [0.4, 0.5) is 0 Å². The van der Waals surface area contributed by atoms with Crippen molar-refractivity contribution in [3.8, 4) is 5.75 Å². The van der Waals surface area contributed by atoms with Gasteiger partial charge in [0.05, 0.1) is 35.3 Å². The molecule has 1 aliphatic carbocycles. The molecule has 0 saturated heterocycles. The Bertz CT molecular complexity index is 889. The van der Waals surface area contributed by atoms with Gasteiger partial charge in [0.1, 0.15) is 11.6 Å². The van der Waals surface area contributed by atoms with Crippen LogP contribution < -0.4 is 16.3 Å². The molecule has 0 bridgehead atoms. The number of allylic oxidation sites excluding steroid dienone is 1. The van der Waals surface area contributed by atoms with Crippen LogP contribution in [0.15, 0.2) is 30.1 Å². The van der Waals surface area contributed by atoms with Crippen molar-refractivity contribution in [3.63, 3.8) is 0 Å². The standard InChI is InChI=1S/C24H36N6O/c1-4-5-9-18-14-15-27-23(29-18)16-21(30(3)26)24(25)20-12-13-22(17(2)28-20)31-19-10-7-6-8-11-19/h12-15,19H,4-11,16,25-26H2,1-3H3/b24-21-. The van der Waals surface area contributed by atoms with E-state index < -0.39 is 0 Å². The highest BCUT2D eigenvalue weighted by atomic mass is 16.5. The van der Waals surface area contributed by atoms with Crippen LogP contribution in [-0.4, -0.2) is 33.1 Å². The van der Waals surface area contributed by atoms with Crippen molar-refractivity contribution in [2.45, 2.75) is 77.7 Å². The molecule has 3 rings (SSSR count). The monoisotopic (exact) mass is 424 g/mol. The lowest BCUT2D eigenvalue weighted by Gasteiger charge is -2.24. The van der Waals surface area contributed by atoms with Crippen LogP contribution in [0.5, 0.6) is 5.75 Å². The number of nitrogens with two attached hydrogens (primary N) is 2. The molecule has 0 radical (unpaired) electrons. The van der Waals surface area contributed by atoms with E-state index in [0.717, 1.165) is 54.9 Å². The zero-order chi connectivity index (χ0) is 22.2. The zero-order valence-electron chi connectivity index (χ0n) is 19.1. The molecule has 1 fully saturated rings. The number of pyridine rings is 1. The summed E-state index contributed by atoms with van der Waals surface area (Å²) in [6, 6.07) is 5.84. The van der Waals surface area contributed by atoms with Gasteiger partial charge in [0.2, 0.25) is 0 Å². The number of hydrogen-bond acceptors (Lipinski definition) is 7. The maximum absolute atomic E-state index is 6.51. The first-order valence-corrected chi connectivity index (χ1v) is 11.4. The molecule has 0 amide bonds. The van der Waals surface area contributed by atoms with Gasteiger partial charge in [-0.1, -0.05) is 19.8 Å². The number of likely N-dealkylation sites (N-methyl/N-ethyl adjacent to an activating group) is 1. The molecule has 0 unspecified atom stereocenters. The molecular formula is C24H36N6O. The third kappa shape index (κ3) is 6.40. The van der Waals surface area contributed by atoms with E-state index >= 15 is 0 Å². The first-order chi connectivity index (χ1) is 15.0. The Hall–Kier alpha value is -2.67. The lowest BCUT2D eigenvalue weighted by Crippen LogP contribution is -2.29. The summed E-state index contributed by atoms with van der Waals surface area (Å²) in [7, 11) is 1.77. The predicted molar refractivity (Wildman–Crippen MR) is 124 cm³/mol. The van der Waals surface area contributed by atoms with E-state index in [1.54, 1.807) is 13.2 Å². The fourth-order valence-electron chi connectivity index (χ4n) is 3.92. The van der Waals surface area contributed by atoms with Crippen molar-refractivity contribution in [2.24, 2.45) is 11.6 Å². The number of unbranched alkanes of at least 4 members (excludes halogenated alkanes) is 1. The molecule has 0 spiro atoms. The summed E-state index contributed by atoms with van der Waals surface area (Å²) in [5, 5.41) is 1.53. The fraction of sp³-hybridized carbons (Fsp3) is 0.542. The average Bonchev–Trinajstić information content (AvgIpc) is 2.78. The second-order valence-electron chi connectivity index (χ2n) is 8.37. The highest BCUT2D eigenvalue weighted by Gasteiger charge is 2.18. The quantitative estimate of drug-likeness (QED) is 0.464. The lowest BCUT2D eigenvalue weighted by atomic mass is 9.98. The summed E-state index contributed by atoms with van der Waals surface area (Å²) in [4.78, 5) is 13.8. The topological polar surface area (TPSA) is 103 Å². The van der Waals surface area contributed by atoms with Crippen LogP contribution in [0.3, 0.4) is 0 Å². The SMILES string of the molecule is CCCCc1ccnc(C/C(=C(/N)c2ccc(OC3CCCCC3)c(C)n2)N(C)N)n1. The Morgan fingerprint density at radius 1 is 1.16 bits per heavy atom. The number of aryl methyl sites for hydroxylation is 2. The van der Waals surface area contributed by atoms with Gasteiger partial charge in [-0.25, -0.2) is 20.8 Å². The van der Waals surface area contributed by atoms with E-state index in [-0.39, 0.29) is 6.10 Å². The number of aromatic nitrogens is 3. The Balaban J connectivity index is 1.79. The van der Waals surface area contributed by atoms with Gasteiger partial charge in [0.25, 0.3) is 0 Å². The van der Waals surface area contributed by atoms with E-state index in [0.29, 0.717) is 23.6 Å². The largest absolute Gasteiger partial charge is 0.489 e. The van der Waals surface area contributed by atoms with Crippen molar-refractivity contribution < 1.29 is 4.74 Å². The minimum atomic E-state index is 0.288.